The second-order valence-corrected chi connectivity index (χ2v) is 6.84. The van der Waals surface area contributed by atoms with Gasteiger partial charge in [0.2, 0.25) is 0 Å². The molecule has 0 aromatic heterocycles. The molecule has 1 saturated heterocycles. The van der Waals surface area contributed by atoms with Crippen LogP contribution in [-0.4, -0.2) is 23.0 Å². The summed E-state index contributed by atoms with van der Waals surface area (Å²) < 4.78 is 0. The van der Waals surface area contributed by atoms with Gasteiger partial charge in [0.25, 0.3) is 0 Å². The molecule has 0 atom stereocenters. The molecule has 0 aromatic rings. The fourth-order valence-electron chi connectivity index (χ4n) is 3.05. The number of amidine groups is 1. The number of nitrogens with one attached hydrogen (secondary N) is 1. The highest BCUT2D eigenvalue weighted by Crippen LogP contribution is 2.29. The summed E-state index contributed by atoms with van der Waals surface area (Å²) in [5.74, 6) is 2.15. The van der Waals surface area contributed by atoms with Gasteiger partial charge in [0.15, 0.2) is 5.17 Å². The lowest BCUT2D eigenvalue weighted by Crippen LogP contribution is -2.42. The molecule has 1 heterocycles. The average Bonchev–Trinajstić information content (AvgIpc) is 2.84. The van der Waals surface area contributed by atoms with Crippen LogP contribution < -0.4 is 5.32 Å². The average molecular weight is 268 g/mol. The minimum atomic E-state index is 0.328. The Labute approximate surface area is 116 Å². The van der Waals surface area contributed by atoms with Crippen LogP contribution in [0, 0.1) is 5.92 Å². The van der Waals surface area contributed by atoms with Gasteiger partial charge < -0.3 is 5.32 Å². The monoisotopic (exact) mass is 268 g/mol. The Morgan fingerprint density at radius 3 is 2.56 bits per heavy atom. The number of aliphatic imine (C=N–C) groups is 1. The molecule has 2 aliphatic rings. The van der Waals surface area contributed by atoms with Crippen molar-refractivity contribution < 1.29 is 0 Å². The van der Waals surface area contributed by atoms with Gasteiger partial charge in [-0.3, -0.25) is 4.99 Å². The zero-order valence-electron chi connectivity index (χ0n) is 12.0. The van der Waals surface area contributed by atoms with Crippen molar-refractivity contribution >= 4 is 16.9 Å². The lowest BCUT2D eigenvalue weighted by Gasteiger charge is -2.25. The Morgan fingerprint density at radius 1 is 1.22 bits per heavy atom. The first-order valence-corrected chi connectivity index (χ1v) is 8.72. The van der Waals surface area contributed by atoms with Crippen LogP contribution in [0.2, 0.25) is 0 Å². The fraction of sp³-hybridized carbons (Fsp3) is 0.933. The van der Waals surface area contributed by atoms with Crippen LogP contribution in [0.1, 0.15) is 65.2 Å². The van der Waals surface area contributed by atoms with E-state index in [2.05, 4.69) is 19.2 Å². The van der Waals surface area contributed by atoms with E-state index in [0.717, 1.165) is 12.5 Å². The van der Waals surface area contributed by atoms with E-state index in [0.29, 0.717) is 5.54 Å². The van der Waals surface area contributed by atoms with Gasteiger partial charge in [-0.2, -0.15) is 0 Å². The van der Waals surface area contributed by atoms with E-state index in [4.69, 9.17) is 4.99 Å². The highest BCUT2D eigenvalue weighted by molar-refractivity contribution is 8.14. The third-order valence-corrected chi connectivity index (χ3v) is 5.93. The maximum atomic E-state index is 4.78. The summed E-state index contributed by atoms with van der Waals surface area (Å²) in [6.07, 6.45) is 11.0. The van der Waals surface area contributed by atoms with Crippen LogP contribution >= 0.6 is 11.8 Å². The normalized spacial score (nSPS) is 26.4. The van der Waals surface area contributed by atoms with Crippen molar-refractivity contribution in [3.8, 4) is 0 Å². The number of hydrogen-bond acceptors (Lipinski definition) is 2. The molecule has 0 radical (unpaired) electrons. The van der Waals surface area contributed by atoms with Gasteiger partial charge in [-0.25, -0.2) is 0 Å². The molecular formula is C15H28N2S. The van der Waals surface area contributed by atoms with Crippen molar-refractivity contribution in [3.05, 3.63) is 0 Å². The minimum Gasteiger partial charge on any atom is -0.359 e. The molecule has 2 rings (SSSR count). The number of nitrogens with zero attached hydrogens (tertiary/aromatic N) is 1. The first kappa shape index (κ1) is 14.2. The third-order valence-electron chi connectivity index (χ3n) is 4.73. The quantitative estimate of drug-likeness (QED) is 0.808. The SMILES string of the molecule is CCC1(CC)CSC(=NCCC2CCCCC2)N1. The van der Waals surface area contributed by atoms with Gasteiger partial charge in [0.1, 0.15) is 0 Å². The van der Waals surface area contributed by atoms with E-state index in [9.17, 15) is 0 Å². The number of hydrogen-bond donors (Lipinski definition) is 1. The zero-order valence-corrected chi connectivity index (χ0v) is 12.8. The number of thioether (sulfide) groups is 1. The maximum Gasteiger partial charge on any atom is 0.157 e. The topological polar surface area (TPSA) is 24.4 Å². The second-order valence-electron chi connectivity index (χ2n) is 5.88. The molecule has 3 heteroatoms. The predicted molar refractivity (Wildman–Crippen MR) is 82.4 cm³/mol. The van der Waals surface area contributed by atoms with Gasteiger partial charge >= 0.3 is 0 Å². The van der Waals surface area contributed by atoms with Crippen LogP contribution in [0.3, 0.4) is 0 Å². The molecule has 0 bridgehead atoms. The summed E-state index contributed by atoms with van der Waals surface area (Å²) in [5, 5.41) is 4.86. The van der Waals surface area contributed by atoms with E-state index in [-0.39, 0.29) is 0 Å². The van der Waals surface area contributed by atoms with E-state index in [1.165, 1.54) is 62.3 Å². The van der Waals surface area contributed by atoms with Gasteiger partial charge in [-0.05, 0) is 25.2 Å². The standard InChI is InChI=1S/C15H28N2S/c1-3-15(4-2)12-18-14(17-15)16-11-10-13-8-6-5-7-9-13/h13H,3-12H2,1-2H3,(H,16,17). The van der Waals surface area contributed by atoms with E-state index in [1.807, 2.05) is 11.8 Å². The molecule has 1 saturated carbocycles. The van der Waals surface area contributed by atoms with Crippen molar-refractivity contribution in [2.45, 2.75) is 70.8 Å². The van der Waals surface area contributed by atoms with E-state index < -0.39 is 0 Å². The molecule has 1 aliphatic heterocycles. The van der Waals surface area contributed by atoms with Crippen LogP contribution in [0.5, 0.6) is 0 Å². The lowest BCUT2D eigenvalue weighted by atomic mass is 9.87. The maximum absolute atomic E-state index is 4.78. The summed E-state index contributed by atoms with van der Waals surface area (Å²) in [6, 6.07) is 0. The zero-order chi connectivity index (χ0) is 12.8. The van der Waals surface area contributed by atoms with Crippen molar-refractivity contribution in [1.29, 1.82) is 0 Å². The predicted octanol–water partition coefficient (Wildman–Crippen LogP) is 4.21. The second kappa shape index (κ2) is 6.83. The largest absolute Gasteiger partial charge is 0.359 e. The molecule has 1 N–H and O–H groups in total. The van der Waals surface area contributed by atoms with E-state index in [1.54, 1.807) is 0 Å². The molecule has 0 aromatic carbocycles. The first-order chi connectivity index (χ1) is 8.78. The third kappa shape index (κ3) is 3.66. The molecule has 2 fully saturated rings. The molecule has 2 nitrogen and oxygen atoms in total. The molecule has 0 unspecified atom stereocenters. The minimum absolute atomic E-state index is 0.328. The Balaban J connectivity index is 1.73. The molecule has 0 spiro atoms. The van der Waals surface area contributed by atoms with Crippen LogP contribution in [0.15, 0.2) is 4.99 Å². The van der Waals surface area contributed by atoms with Crippen molar-refractivity contribution in [1.82, 2.24) is 5.32 Å². The fourth-order valence-corrected chi connectivity index (χ4v) is 4.41. The summed E-state index contributed by atoms with van der Waals surface area (Å²) >= 11 is 1.92. The lowest BCUT2D eigenvalue weighted by molar-refractivity contribution is 0.343. The Kier molecular flexibility index (Phi) is 5.40. The summed E-state index contributed by atoms with van der Waals surface area (Å²) in [6.45, 7) is 5.59. The molecule has 0 amide bonds. The summed E-state index contributed by atoms with van der Waals surface area (Å²) in [5.41, 5.74) is 0.328. The highest BCUT2D eigenvalue weighted by Gasteiger charge is 2.33. The van der Waals surface area contributed by atoms with Gasteiger partial charge in [-0.15, -0.1) is 0 Å². The van der Waals surface area contributed by atoms with Gasteiger partial charge in [-0.1, -0.05) is 57.7 Å². The highest BCUT2D eigenvalue weighted by atomic mass is 32.2. The van der Waals surface area contributed by atoms with E-state index >= 15 is 0 Å². The molecule has 18 heavy (non-hydrogen) atoms. The van der Waals surface area contributed by atoms with Crippen molar-refractivity contribution in [2.24, 2.45) is 10.9 Å². The van der Waals surface area contributed by atoms with Crippen molar-refractivity contribution in [3.63, 3.8) is 0 Å². The Morgan fingerprint density at radius 2 is 1.94 bits per heavy atom. The molecular weight excluding hydrogens is 240 g/mol. The molecule has 104 valence electrons. The Bertz CT molecular complexity index is 278. The summed E-state index contributed by atoms with van der Waals surface area (Å²) in [7, 11) is 0. The number of rotatable bonds is 5. The van der Waals surface area contributed by atoms with Crippen LogP contribution in [0.25, 0.3) is 0 Å². The first-order valence-electron chi connectivity index (χ1n) is 7.73. The van der Waals surface area contributed by atoms with Gasteiger partial charge in [0, 0.05) is 17.8 Å². The molecule has 1 aliphatic carbocycles. The van der Waals surface area contributed by atoms with Gasteiger partial charge in [0.05, 0.1) is 0 Å². The van der Waals surface area contributed by atoms with Crippen molar-refractivity contribution in [2.75, 3.05) is 12.3 Å². The Hall–Kier alpha value is -0.180. The van der Waals surface area contributed by atoms with Crippen LogP contribution in [-0.2, 0) is 0 Å². The smallest absolute Gasteiger partial charge is 0.157 e. The summed E-state index contributed by atoms with van der Waals surface area (Å²) in [4.78, 5) is 4.78. The van der Waals surface area contributed by atoms with Crippen LogP contribution in [0.4, 0.5) is 0 Å².